The standard InChI is InChI=1S/C12H24O2Si/c1-15(2,3)9-12(8-13)6-7-14-11(12)10-4-5-10/h10-11,13H,4-9H2,1-3H3. The lowest BCUT2D eigenvalue weighted by Gasteiger charge is -2.37. The van der Waals surface area contributed by atoms with Crippen LogP contribution in [0.3, 0.4) is 0 Å². The van der Waals surface area contributed by atoms with Crippen molar-refractivity contribution in [1.29, 1.82) is 0 Å². The van der Waals surface area contributed by atoms with Crippen LogP contribution < -0.4 is 0 Å². The molecule has 15 heavy (non-hydrogen) atoms. The molecule has 0 aromatic carbocycles. The minimum absolute atomic E-state index is 0.117. The van der Waals surface area contributed by atoms with Gasteiger partial charge in [0.25, 0.3) is 0 Å². The third-order valence-corrected chi connectivity index (χ3v) is 5.51. The van der Waals surface area contributed by atoms with Gasteiger partial charge in [-0.1, -0.05) is 19.6 Å². The van der Waals surface area contributed by atoms with Gasteiger partial charge >= 0.3 is 0 Å². The van der Waals surface area contributed by atoms with Crippen molar-refractivity contribution in [3.63, 3.8) is 0 Å². The van der Waals surface area contributed by atoms with Crippen LogP contribution >= 0.6 is 0 Å². The highest BCUT2D eigenvalue weighted by Gasteiger charge is 2.51. The summed E-state index contributed by atoms with van der Waals surface area (Å²) >= 11 is 0. The quantitative estimate of drug-likeness (QED) is 0.749. The summed E-state index contributed by atoms with van der Waals surface area (Å²) < 4.78 is 5.89. The summed E-state index contributed by atoms with van der Waals surface area (Å²) in [6.07, 6.45) is 4.08. The van der Waals surface area contributed by atoms with Crippen LogP contribution in [0.1, 0.15) is 19.3 Å². The van der Waals surface area contributed by atoms with E-state index in [1.165, 1.54) is 18.9 Å². The molecule has 3 heteroatoms. The molecule has 2 unspecified atom stereocenters. The zero-order valence-corrected chi connectivity index (χ0v) is 11.3. The largest absolute Gasteiger partial charge is 0.396 e. The van der Waals surface area contributed by atoms with Crippen LogP contribution in [0.4, 0.5) is 0 Å². The van der Waals surface area contributed by atoms with Crippen LogP contribution in [0.25, 0.3) is 0 Å². The number of aliphatic hydroxyl groups excluding tert-OH is 1. The first kappa shape index (κ1) is 11.6. The van der Waals surface area contributed by atoms with Crippen molar-refractivity contribution in [2.75, 3.05) is 13.2 Å². The second-order valence-electron chi connectivity index (χ2n) is 6.64. The molecule has 88 valence electrons. The molecule has 2 aliphatic rings. The molecule has 0 aromatic rings. The molecule has 0 aromatic heterocycles. The van der Waals surface area contributed by atoms with Crippen molar-refractivity contribution < 1.29 is 9.84 Å². The van der Waals surface area contributed by atoms with Crippen LogP contribution in [0, 0.1) is 11.3 Å². The summed E-state index contributed by atoms with van der Waals surface area (Å²) in [5, 5.41) is 9.77. The molecule has 2 rings (SSSR count). The molecule has 2 atom stereocenters. The third kappa shape index (κ3) is 2.45. The minimum Gasteiger partial charge on any atom is -0.396 e. The van der Waals surface area contributed by atoms with E-state index in [1.807, 2.05) is 0 Å². The molecule has 1 saturated heterocycles. The zero-order valence-electron chi connectivity index (χ0n) is 10.3. The molecule has 2 nitrogen and oxygen atoms in total. The number of hydrogen-bond donors (Lipinski definition) is 1. The Bertz CT molecular complexity index is 232. The van der Waals surface area contributed by atoms with Gasteiger partial charge in [0.05, 0.1) is 12.7 Å². The van der Waals surface area contributed by atoms with E-state index >= 15 is 0 Å². The highest BCUT2D eigenvalue weighted by atomic mass is 28.3. The van der Waals surface area contributed by atoms with E-state index in [2.05, 4.69) is 19.6 Å². The summed E-state index contributed by atoms with van der Waals surface area (Å²) in [5.74, 6) is 0.760. The van der Waals surface area contributed by atoms with E-state index in [0.717, 1.165) is 18.9 Å². The third-order valence-electron chi connectivity index (χ3n) is 3.75. The highest BCUT2D eigenvalue weighted by molar-refractivity contribution is 6.76. The SMILES string of the molecule is C[Si](C)(C)CC1(CO)CCOC1C1CC1. The van der Waals surface area contributed by atoms with Gasteiger partial charge in [-0.2, -0.15) is 0 Å². The maximum atomic E-state index is 9.77. The number of rotatable bonds is 4. The van der Waals surface area contributed by atoms with Gasteiger partial charge in [0.1, 0.15) is 0 Å². The summed E-state index contributed by atoms with van der Waals surface area (Å²) in [5.41, 5.74) is 0.117. The normalized spacial score (nSPS) is 37.2. The summed E-state index contributed by atoms with van der Waals surface area (Å²) in [6.45, 7) is 8.39. The minimum atomic E-state index is -1.12. The van der Waals surface area contributed by atoms with Crippen LogP contribution in [-0.2, 0) is 4.74 Å². The Morgan fingerprint density at radius 3 is 2.47 bits per heavy atom. The van der Waals surface area contributed by atoms with Crippen molar-refractivity contribution in [2.24, 2.45) is 11.3 Å². The van der Waals surface area contributed by atoms with Gasteiger partial charge in [0.15, 0.2) is 0 Å². The number of aliphatic hydroxyl groups is 1. The molecular formula is C12H24O2Si. The molecule has 1 N–H and O–H groups in total. The van der Waals surface area contributed by atoms with E-state index in [1.54, 1.807) is 0 Å². The molecule has 0 spiro atoms. The van der Waals surface area contributed by atoms with Gasteiger partial charge in [0.2, 0.25) is 0 Å². The molecule has 1 aliphatic heterocycles. The zero-order chi connectivity index (χ0) is 11.1. The van der Waals surface area contributed by atoms with Gasteiger partial charge in [-0.3, -0.25) is 0 Å². The summed E-state index contributed by atoms with van der Waals surface area (Å²) in [4.78, 5) is 0. The fraction of sp³-hybridized carbons (Fsp3) is 1.00. The summed E-state index contributed by atoms with van der Waals surface area (Å²) in [6, 6.07) is 1.22. The maximum Gasteiger partial charge on any atom is 0.0679 e. The predicted molar refractivity (Wildman–Crippen MR) is 64.8 cm³/mol. The topological polar surface area (TPSA) is 29.5 Å². The fourth-order valence-corrected chi connectivity index (χ4v) is 5.82. The van der Waals surface area contributed by atoms with Crippen LogP contribution in [0.15, 0.2) is 0 Å². The lowest BCUT2D eigenvalue weighted by molar-refractivity contribution is 0.00990. The Morgan fingerprint density at radius 2 is 2.00 bits per heavy atom. The van der Waals surface area contributed by atoms with Crippen molar-refractivity contribution >= 4 is 8.07 Å². The molecule has 0 amide bonds. The predicted octanol–water partition coefficient (Wildman–Crippen LogP) is 2.50. The van der Waals surface area contributed by atoms with Gasteiger partial charge in [-0.25, -0.2) is 0 Å². The molecular weight excluding hydrogens is 204 g/mol. The maximum absolute atomic E-state index is 9.77. The first-order valence-electron chi connectivity index (χ1n) is 6.19. The number of ether oxygens (including phenoxy) is 1. The van der Waals surface area contributed by atoms with Crippen LogP contribution in [0.2, 0.25) is 25.7 Å². The van der Waals surface area contributed by atoms with Gasteiger partial charge < -0.3 is 9.84 Å². The summed E-state index contributed by atoms with van der Waals surface area (Å²) in [7, 11) is -1.12. The average molecular weight is 228 g/mol. The fourth-order valence-electron chi connectivity index (χ4n) is 3.21. The van der Waals surface area contributed by atoms with Crippen molar-refractivity contribution in [3.05, 3.63) is 0 Å². The Balaban J connectivity index is 2.11. The Hall–Kier alpha value is 0.137. The van der Waals surface area contributed by atoms with Crippen LogP contribution in [0.5, 0.6) is 0 Å². The first-order chi connectivity index (χ1) is 6.97. The van der Waals surface area contributed by atoms with E-state index in [9.17, 15) is 5.11 Å². The van der Waals surface area contributed by atoms with E-state index < -0.39 is 8.07 Å². The average Bonchev–Trinajstić information content (AvgIpc) is 2.87. The van der Waals surface area contributed by atoms with Gasteiger partial charge in [-0.05, 0) is 31.2 Å². The van der Waals surface area contributed by atoms with E-state index in [-0.39, 0.29) is 5.41 Å². The Labute approximate surface area is 94.0 Å². The molecule has 1 heterocycles. The van der Waals surface area contributed by atoms with E-state index in [0.29, 0.717) is 12.7 Å². The lowest BCUT2D eigenvalue weighted by atomic mass is 9.81. The molecule has 0 radical (unpaired) electrons. The highest BCUT2D eigenvalue weighted by Crippen LogP contribution is 2.51. The van der Waals surface area contributed by atoms with Crippen molar-refractivity contribution in [3.8, 4) is 0 Å². The molecule has 1 aliphatic carbocycles. The Morgan fingerprint density at radius 1 is 1.33 bits per heavy atom. The molecule has 2 fully saturated rings. The van der Waals surface area contributed by atoms with Gasteiger partial charge in [0, 0.05) is 20.1 Å². The first-order valence-corrected chi connectivity index (χ1v) is 9.90. The lowest BCUT2D eigenvalue weighted by Crippen LogP contribution is -2.42. The smallest absolute Gasteiger partial charge is 0.0679 e. The second-order valence-corrected chi connectivity index (χ2v) is 12.1. The van der Waals surface area contributed by atoms with Gasteiger partial charge in [-0.15, -0.1) is 0 Å². The van der Waals surface area contributed by atoms with E-state index in [4.69, 9.17) is 4.74 Å². The second kappa shape index (κ2) is 3.86. The van der Waals surface area contributed by atoms with Crippen molar-refractivity contribution in [1.82, 2.24) is 0 Å². The number of hydrogen-bond acceptors (Lipinski definition) is 2. The monoisotopic (exact) mass is 228 g/mol. The Kier molecular flexibility index (Phi) is 2.99. The molecule has 0 bridgehead atoms. The van der Waals surface area contributed by atoms with Crippen molar-refractivity contribution in [2.45, 2.75) is 51.1 Å². The molecule has 1 saturated carbocycles. The van der Waals surface area contributed by atoms with Crippen LogP contribution in [-0.4, -0.2) is 32.5 Å².